The number of rotatable bonds is 7. The van der Waals surface area contributed by atoms with Crippen LogP contribution in [0.5, 0.6) is 5.75 Å². The number of benzene rings is 1. The second-order valence-electron chi connectivity index (χ2n) is 7.65. The quantitative estimate of drug-likeness (QED) is 0.603. The fourth-order valence-corrected chi connectivity index (χ4v) is 3.52. The number of anilines is 2. The van der Waals surface area contributed by atoms with Gasteiger partial charge in [-0.1, -0.05) is 6.07 Å². The SMILES string of the molecule is COCCN1CCOc2cc(F)c(C(=O)Nc3cccc(-c4nncn4C(C)C)n3)cc21. The molecule has 3 aromatic rings. The van der Waals surface area contributed by atoms with Crippen LogP contribution in [0.3, 0.4) is 0 Å². The molecule has 1 amide bonds. The van der Waals surface area contributed by atoms with Gasteiger partial charge in [0.15, 0.2) is 5.82 Å². The van der Waals surface area contributed by atoms with E-state index in [-0.39, 0.29) is 17.4 Å². The third-order valence-electron chi connectivity index (χ3n) is 5.17. The zero-order chi connectivity index (χ0) is 22.7. The Kier molecular flexibility index (Phi) is 6.31. The average Bonchev–Trinajstić information content (AvgIpc) is 3.27. The number of carbonyl (C=O) groups excluding carboxylic acids is 1. The normalized spacial score (nSPS) is 13.1. The van der Waals surface area contributed by atoms with Gasteiger partial charge in [0.25, 0.3) is 5.91 Å². The van der Waals surface area contributed by atoms with Crippen LogP contribution in [0.15, 0.2) is 36.7 Å². The monoisotopic (exact) mass is 440 g/mol. The molecule has 0 unspecified atom stereocenters. The first-order valence-electron chi connectivity index (χ1n) is 10.4. The summed E-state index contributed by atoms with van der Waals surface area (Å²) in [5.74, 6) is 0.0232. The molecule has 3 heterocycles. The predicted octanol–water partition coefficient (Wildman–Crippen LogP) is 3.16. The molecule has 0 bridgehead atoms. The number of hydrogen-bond donors (Lipinski definition) is 1. The van der Waals surface area contributed by atoms with Crippen LogP contribution in [0, 0.1) is 5.82 Å². The van der Waals surface area contributed by atoms with Crippen LogP contribution in [0.1, 0.15) is 30.2 Å². The van der Waals surface area contributed by atoms with Gasteiger partial charge >= 0.3 is 0 Å². The van der Waals surface area contributed by atoms with Gasteiger partial charge in [-0.2, -0.15) is 0 Å². The molecule has 2 aromatic heterocycles. The van der Waals surface area contributed by atoms with Crippen molar-refractivity contribution in [3.8, 4) is 17.3 Å². The molecule has 0 aliphatic carbocycles. The lowest BCUT2D eigenvalue weighted by Gasteiger charge is -2.31. The number of hydrogen-bond acceptors (Lipinski definition) is 7. The fraction of sp³-hybridized carbons (Fsp3) is 0.364. The highest BCUT2D eigenvalue weighted by molar-refractivity contribution is 6.05. The zero-order valence-corrected chi connectivity index (χ0v) is 18.2. The molecule has 0 saturated carbocycles. The summed E-state index contributed by atoms with van der Waals surface area (Å²) in [6.45, 7) is 6.21. The Labute approximate surface area is 185 Å². The van der Waals surface area contributed by atoms with Gasteiger partial charge in [0, 0.05) is 25.8 Å². The van der Waals surface area contributed by atoms with E-state index in [9.17, 15) is 9.18 Å². The van der Waals surface area contributed by atoms with E-state index < -0.39 is 11.7 Å². The van der Waals surface area contributed by atoms with Gasteiger partial charge in [-0.3, -0.25) is 4.79 Å². The summed E-state index contributed by atoms with van der Waals surface area (Å²) in [6.07, 6.45) is 1.63. The van der Waals surface area contributed by atoms with Crippen molar-refractivity contribution in [2.45, 2.75) is 19.9 Å². The molecule has 0 saturated heterocycles. The molecule has 4 rings (SSSR count). The maximum atomic E-state index is 14.7. The van der Waals surface area contributed by atoms with Gasteiger partial charge in [0.2, 0.25) is 0 Å². The van der Waals surface area contributed by atoms with E-state index >= 15 is 0 Å². The first-order valence-corrected chi connectivity index (χ1v) is 10.4. The van der Waals surface area contributed by atoms with Crippen LogP contribution >= 0.6 is 0 Å². The summed E-state index contributed by atoms with van der Waals surface area (Å²) < 4.78 is 27.3. The van der Waals surface area contributed by atoms with Crippen molar-refractivity contribution in [1.29, 1.82) is 0 Å². The smallest absolute Gasteiger partial charge is 0.259 e. The Bertz CT molecular complexity index is 1120. The van der Waals surface area contributed by atoms with Gasteiger partial charge in [-0.15, -0.1) is 10.2 Å². The molecule has 0 atom stereocenters. The number of ether oxygens (including phenoxy) is 2. The first kappa shape index (κ1) is 21.7. The summed E-state index contributed by atoms with van der Waals surface area (Å²) in [7, 11) is 1.62. The molecular formula is C22H25FN6O3. The lowest BCUT2D eigenvalue weighted by atomic mass is 10.1. The summed E-state index contributed by atoms with van der Waals surface area (Å²) >= 11 is 0. The molecule has 0 spiro atoms. The summed E-state index contributed by atoms with van der Waals surface area (Å²) in [6, 6.07) is 8.07. The highest BCUT2D eigenvalue weighted by Gasteiger charge is 2.24. The number of nitrogens with one attached hydrogen (secondary N) is 1. The average molecular weight is 440 g/mol. The molecule has 32 heavy (non-hydrogen) atoms. The molecule has 168 valence electrons. The van der Waals surface area contributed by atoms with Gasteiger partial charge in [0.1, 0.15) is 36.0 Å². The van der Waals surface area contributed by atoms with E-state index in [1.54, 1.807) is 31.6 Å². The van der Waals surface area contributed by atoms with Gasteiger partial charge in [-0.25, -0.2) is 9.37 Å². The summed E-state index contributed by atoms with van der Waals surface area (Å²) in [5, 5.41) is 10.8. The number of methoxy groups -OCH3 is 1. The number of amides is 1. The van der Waals surface area contributed by atoms with Crippen molar-refractivity contribution in [3.63, 3.8) is 0 Å². The van der Waals surface area contributed by atoms with Crippen molar-refractivity contribution in [2.75, 3.05) is 43.6 Å². The van der Waals surface area contributed by atoms with Crippen molar-refractivity contribution >= 4 is 17.4 Å². The van der Waals surface area contributed by atoms with E-state index in [1.165, 1.54) is 12.1 Å². The summed E-state index contributed by atoms with van der Waals surface area (Å²) in [4.78, 5) is 19.4. The molecule has 9 nitrogen and oxygen atoms in total. The third kappa shape index (κ3) is 4.40. The number of halogens is 1. The minimum absolute atomic E-state index is 0.0887. The van der Waals surface area contributed by atoms with Crippen LogP contribution in [-0.2, 0) is 4.74 Å². The Balaban J connectivity index is 1.59. The Morgan fingerprint density at radius 1 is 1.34 bits per heavy atom. The number of aromatic nitrogens is 4. The van der Waals surface area contributed by atoms with Gasteiger partial charge in [0.05, 0.1) is 24.4 Å². The highest BCUT2D eigenvalue weighted by atomic mass is 19.1. The van der Waals surface area contributed by atoms with Crippen molar-refractivity contribution in [1.82, 2.24) is 19.7 Å². The number of carbonyl (C=O) groups is 1. The number of pyridine rings is 1. The lowest BCUT2D eigenvalue weighted by Crippen LogP contribution is -2.35. The van der Waals surface area contributed by atoms with Gasteiger partial charge in [-0.05, 0) is 32.0 Å². The van der Waals surface area contributed by atoms with Gasteiger partial charge < -0.3 is 24.3 Å². The van der Waals surface area contributed by atoms with Crippen LogP contribution in [-0.4, -0.2) is 59.1 Å². The molecule has 10 heteroatoms. The molecule has 1 aliphatic rings. The molecular weight excluding hydrogens is 415 g/mol. The first-order chi connectivity index (χ1) is 15.5. The molecule has 1 aromatic carbocycles. The minimum atomic E-state index is -0.662. The maximum absolute atomic E-state index is 14.7. The second-order valence-corrected chi connectivity index (χ2v) is 7.65. The second kappa shape index (κ2) is 9.31. The van der Waals surface area contributed by atoms with E-state index in [2.05, 4.69) is 20.5 Å². The molecule has 0 radical (unpaired) electrons. The van der Waals surface area contributed by atoms with Crippen LogP contribution in [0.25, 0.3) is 11.5 Å². The highest BCUT2D eigenvalue weighted by Crippen LogP contribution is 2.34. The number of fused-ring (bicyclic) bond motifs is 1. The molecule has 1 N–H and O–H groups in total. The fourth-order valence-electron chi connectivity index (χ4n) is 3.52. The van der Waals surface area contributed by atoms with Crippen LogP contribution in [0.2, 0.25) is 0 Å². The lowest BCUT2D eigenvalue weighted by molar-refractivity contribution is 0.102. The van der Waals surface area contributed by atoms with E-state index in [1.807, 2.05) is 23.3 Å². The Morgan fingerprint density at radius 3 is 2.97 bits per heavy atom. The number of nitrogens with zero attached hydrogens (tertiary/aromatic N) is 5. The molecule has 0 fully saturated rings. The van der Waals surface area contributed by atoms with Crippen LogP contribution in [0.4, 0.5) is 15.9 Å². The Morgan fingerprint density at radius 2 is 2.19 bits per heavy atom. The summed E-state index contributed by atoms with van der Waals surface area (Å²) in [5.41, 5.74) is 1.12. The third-order valence-corrected chi connectivity index (χ3v) is 5.17. The minimum Gasteiger partial charge on any atom is -0.489 e. The van der Waals surface area contributed by atoms with E-state index in [0.717, 1.165) is 0 Å². The topological polar surface area (TPSA) is 94.4 Å². The van der Waals surface area contributed by atoms with Crippen LogP contribution < -0.4 is 15.0 Å². The Hall–Kier alpha value is -3.53. The zero-order valence-electron chi connectivity index (χ0n) is 18.2. The predicted molar refractivity (Wildman–Crippen MR) is 118 cm³/mol. The largest absolute Gasteiger partial charge is 0.489 e. The van der Waals surface area contributed by atoms with E-state index in [4.69, 9.17) is 9.47 Å². The van der Waals surface area contributed by atoms with Crippen molar-refractivity contribution in [2.24, 2.45) is 0 Å². The van der Waals surface area contributed by atoms with Crippen molar-refractivity contribution < 1.29 is 18.7 Å². The standard InChI is InChI=1S/C22H25FN6O3/c1-14(2)29-13-24-27-21(29)17-5-4-6-20(25-17)26-22(30)15-11-18-19(12-16(15)23)32-10-8-28(18)7-9-31-3/h4-6,11-14H,7-10H2,1-3H3,(H,25,26,30). The maximum Gasteiger partial charge on any atom is 0.259 e. The van der Waals surface area contributed by atoms with E-state index in [0.29, 0.717) is 49.3 Å². The van der Waals surface area contributed by atoms with Crippen molar-refractivity contribution in [3.05, 3.63) is 48.0 Å². The molecule has 1 aliphatic heterocycles.